The molecular formula is C13H13ClFN3O2. The van der Waals surface area contributed by atoms with Crippen molar-refractivity contribution in [1.29, 1.82) is 0 Å². The van der Waals surface area contributed by atoms with Crippen LogP contribution in [0.1, 0.15) is 5.56 Å². The average Bonchev–Trinajstić information content (AvgIpc) is 2.46. The van der Waals surface area contributed by atoms with Crippen LogP contribution in [0.25, 0.3) is 0 Å². The Balaban J connectivity index is 2.27. The highest BCUT2D eigenvalue weighted by Gasteiger charge is 2.14. The molecule has 0 bridgehead atoms. The lowest BCUT2D eigenvalue weighted by Gasteiger charge is -2.13. The summed E-state index contributed by atoms with van der Waals surface area (Å²) in [6.45, 7) is 0.216. The average molecular weight is 298 g/mol. The highest BCUT2D eigenvalue weighted by molar-refractivity contribution is 6.33. The molecular weight excluding hydrogens is 285 g/mol. The molecule has 106 valence electrons. The first-order valence-electron chi connectivity index (χ1n) is 5.77. The van der Waals surface area contributed by atoms with E-state index in [1.807, 2.05) is 0 Å². The highest BCUT2D eigenvalue weighted by Crippen LogP contribution is 2.28. The molecule has 0 unspecified atom stereocenters. The molecule has 20 heavy (non-hydrogen) atoms. The van der Waals surface area contributed by atoms with Crippen molar-refractivity contribution in [1.82, 2.24) is 9.97 Å². The number of ether oxygens (including phenoxy) is 2. The summed E-state index contributed by atoms with van der Waals surface area (Å²) in [4.78, 5) is 7.97. The van der Waals surface area contributed by atoms with Gasteiger partial charge in [0.2, 0.25) is 11.8 Å². The van der Waals surface area contributed by atoms with Crippen molar-refractivity contribution in [2.45, 2.75) is 6.54 Å². The van der Waals surface area contributed by atoms with Crippen LogP contribution in [0.4, 0.5) is 10.1 Å². The Labute approximate surface area is 120 Å². The number of methoxy groups -OCH3 is 2. The zero-order chi connectivity index (χ0) is 14.5. The first-order chi connectivity index (χ1) is 9.67. The van der Waals surface area contributed by atoms with Gasteiger partial charge >= 0.3 is 0 Å². The van der Waals surface area contributed by atoms with Gasteiger partial charge in [0.05, 0.1) is 37.0 Å². The molecule has 0 aliphatic rings. The van der Waals surface area contributed by atoms with Crippen LogP contribution in [0, 0.1) is 5.82 Å². The number of hydrogen-bond donors (Lipinski definition) is 1. The lowest BCUT2D eigenvalue weighted by Crippen LogP contribution is -2.08. The maximum Gasteiger partial charge on any atom is 0.225 e. The molecule has 7 heteroatoms. The van der Waals surface area contributed by atoms with Crippen LogP contribution in [-0.2, 0) is 6.54 Å². The summed E-state index contributed by atoms with van der Waals surface area (Å²) in [6, 6.07) is 4.46. The molecule has 0 saturated heterocycles. The predicted octanol–water partition coefficient (Wildman–Crippen LogP) is 2.90. The van der Waals surface area contributed by atoms with Crippen LogP contribution in [0.15, 0.2) is 24.5 Å². The minimum atomic E-state index is -0.438. The molecule has 1 N–H and O–H groups in total. The minimum Gasteiger partial charge on any atom is -0.481 e. The van der Waals surface area contributed by atoms with E-state index >= 15 is 0 Å². The molecule has 0 spiro atoms. The number of aromatic nitrogens is 2. The summed E-state index contributed by atoms with van der Waals surface area (Å²) in [5.74, 6) is 0.279. The Morgan fingerprint density at radius 1 is 1.20 bits per heavy atom. The molecule has 0 radical (unpaired) electrons. The number of hydrogen-bond acceptors (Lipinski definition) is 5. The summed E-state index contributed by atoms with van der Waals surface area (Å²) >= 11 is 5.95. The van der Waals surface area contributed by atoms with E-state index in [4.69, 9.17) is 21.1 Å². The summed E-state index contributed by atoms with van der Waals surface area (Å²) in [5, 5.41) is 3.19. The molecule has 0 aliphatic heterocycles. The number of benzene rings is 1. The maximum absolute atomic E-state index is 13.7. The molecule has 2 aromatic rings. The van der Waals surface area contributed by atoms with Gasteiger partial charge in [-0.2, -0.15) is 0 Å². The second-order valence-electron chi connectivity index (χ2n) is 3.82. The van der Waals surface area contributed by atoms with E-state index < -0.39 is 5.82 Å². The third-order valence-corrected chi connectivity index (χ3v) is 2.97. The Bertz CT molecular complexity index is 568. The van der Waals surface area contributed by atoms with Gasteiger partial charge in [0, 0.05) is 0 Å². The molecule has 0 saturated carbocycles. The molecule has 2 rings (SSSR count). The van der Waals surface area contributed by atoms with Crippen LogP contribution < -0.4 is 14.8 Å². The predicted molar refractivity (Wildman–Crippen MR) is 73.9 cm³/mol. The van der Waals surface area contributed by atoms with E-state index in [1.165, 1.54) is 32.7 Å². The second-order valence-corrected chi connectivity index (χ2v) is 4.23. The lowest BCUT2D eigenvalue weighted by atomic mass is 10.2. The van der Waals surface area contributed by atoms with E-state index in [2.05, 4.69) is 15.3 Å². The molecule has 0 atom stereocenters. The third-order valence-electron chi connectivity index (χ3n) is 2.66. The number of nitrogens with one attached hydrogen (secondary N) is 1. The van der Waals surface area contributed by atoms with Crippen LogP contribution in [-0.4, -0.2) is 24.2 Å². The second kappa shape index (κ2) is 6.38. The summed E-state index contributed by atoms with van der Waals surface area (Å²) in [6.07, 6.45) is 1.33. The number of nitrogens with zero attached hydrogens (tertiary/aromatic N) is 2. The topological polar surface area (TPSA) is 56.3 Å². The van der Waals surface area contributed by atoms with E-state index in [1.54, 1.807) is 6.07 Å². The number of para-hydroxylation sites is 1. The van der Waals surface area contributed by atoms with Gasteiger partial charge in [0.15, 0.2) is 0 Å². The van der Waals surface area contributed by atoms with Gasteiger partial charge in [0.1, 0.15) is 12.1 Å². The Morgan fingerprint density at radius 2 is 1.85 bits per heavy atom. The van der Waals surface area contributed by atoms with Crippen LogP contribution in [0.3, 0.4) is 0 Å². The lowest BCUT2D eigenvalue weighted by molar-refractivity contribution is 0.363. The van der Waals surface area contributed by atoms with Crippen molar-refractivity contribution in [3.8, 4) is 11.8 Å². The van der Waals surface area contributed by atoms with Crippen molar-refractivity contribution < 1.29 is 13.9 Å². The monoisotopic (exact) mass is 297 g/mol. The fraction of sp³-hybridized carbons (Fsp3) is 0.231. The molecule has 0 amide bonds. The largest absolute Gasteiger partial charge is 0.481 e. The van der Waals surface area contributed by atoms with E-state index in [0.717, 1.165) is 0 Å². The van der Waals surface area contributed by atoms with Gasteiger partial charge in [-0.3, -0.25) is 0 Å². The maximum atomic E-state index is 13.7. The molecule has 1 heterocycles. The SMILES string of the molecule is COc1ncnc(OC)c1CNc1c(F)cccc1Cl. The standard InChI is InChI=1S/C13H13ClFN3O2/c1-19-12-8(13(20-2)18-7-17-12)6-16-11-9(14)4-3-5-10(11)15/h3-5,7,16H,6H2,1-2H3. The van der Waals surface area contributed by atoms with Gasteiger partial charge in [-0.25, -0.2) is 14.4 Å². The summed E-state index contributed by atoms with van der Waals surface area (Å²) < 4.78 is 24.0. The normalized spacial score (nSPS) is 10.2. The van der Waals surface area contributed by atoms with Crippen LogP contribution in [0.5, 0.6) is 11.8 Å². The third kappa shape index (κ3) is 2.91. The van der Waals surface area contributed by atoms with Crippen LogP contribution in [0.2, 0.25) is 5.02 Å². The Morgan fingerprint density at radius 3 is 2.40 bits per heavy atom. The number of anilines is 1. The van der Waals surface area contributed by atoms with Gasteiger partial charge in [-0.05, 0) is 12.1 Å². The van der Waals surface area contributed by atoms with Gasteiger partial charge in [-0.1, -0.05) is 17.7 Å². The molecule has 5 nitrogen and oxygen atoms in total. The van der Waals surface area contributed by atoms with Gasteiger partial charge in [0.25, 0.3) is 0 Å². The zero-order valence-corrected chi connectivity index (χ0v) is 11.7. The molecule has 0 fully saturated rings. The number of halogens is 2. The van der Waals surface area contributed by atoms with Crippen LogP contribution >= 0.6 is 11.6 Å². The Kier molecular flexibility index (Phi) is 4.57. The first kappa shape index (κ1) is 14.3. The minimum absolute atomic E-state index is 0.210. The fourth-order valence-corrected chi connectivity index (χ4v) is 1.96. The zero-order valence-electron chi connectivity index (χ0n) is 11.0. The molecule has 1 aromatic carbocycles. The smallest absolute Gasteiger partial charge is 0.225 e. The quantitative estimate of drug-likeness (QED) is 0.919. The van der Waals surface area contributed by atoms with Crippen molar-refractivity contribution in [2.24, 2.45) is 0 Å². The number of rotatable bonds is 5. The molecule has 0 aliphatic carbocycles. The van der Waals surface area contributed by atoms with E-state index in [0.29, 0.717) is 22.3 Å². The van der Waals surface area contributed by atoms with Gasteiger partial charge < -0.3 is 14.8 Å². The summed E-state index contributed by atoms with van der Waals surface area (Å²) in [5.41, 5.74) is 0.791. The van der Waals surface area contributed by atoms with E-state index in [-0.39, 0.29) is 12.2 Å². The van der Waals surface area contributed by atoms with Crippen molar-refractivity contribution >= 4 is 17.3 Å². The van der Waals surface area contributed by atoms with E-state index in [9.17, 15) is 4.39 Å². The highest BCUT2D eigenvalue weighted by atomic mass is 35.5. The summed E-state index contributed by atoms with van der Waals surface area (Å²) in [7, 11) is 2.97. The van der Waals surface area contributed by atoms with Gasteiger partial charge in [-0.15, -0.1) is 0 Å². The Hall–Kier alpha value is -2.08. The first-order valence-corrected chi connectivity index (χ1v) is 6.15. The fourth-order valence-electron chi connectivity index (χ4n) is 1.73. The van der Waals surface area contributed by atoms with Crippen molar-refractivity contribution in [3.63, 3.8) is 0 Å². The van der Waals surface area contributed by atoms with Crippen molar-refractivity contribution in [3.05, 3.63) is 40.9 Å². The molecule has 1 aromatic heterocycles. The van der Waals surface area contributed by atoms with Crippen molar-refractivity contribution in [2.75, 3.05) is 19.5 Å².